The lowest BCUT2D eigenvalue weighted by Crippen LogP contribution is -2.24. The summed E-state index contributed by atoms with van der Waals surface area (Å²) >= 11 is 6.06. The van der Waals surface area contributed by atoms with Crippen molar-refractivity contribution in [3.63, 3.8) is 0 Å². The topological polar surface area (TPSA) is 81.8 Å². The second-order valence-electron chi connectivity index (χ2n) is 6.97. The van der Waals surface area contributed by atoms with Gasteiger partial charge in [-0.1, -0.05) is 22.8 Å². The minimum absolute atomic E-state index is 0.161. The second kappa shape index (κ2) is 8.20. The number of halogens is 1. The number of aliphatic hydroxyl groups excluding tert-OH is 1. The molecule has 0 bridgehead atoms. The van der Waals surface area contributed by atoms with Crippen LogP contribution in [-0.4, -0.2) is 28.9 Å². The summed E-state index contributed by atoms with van der Waals surface area (Å²) in [7, 11) is 1.40. The Kier molecular flexibility index (Phi) is 6.44. The molecule has 2 aromatic rings. The fraction of sp³-hybridized carbons (Fsp3) is 0.474. The lowest BCUT2D eigenvalue weighted by molar-refractivity contribution is -0.154. The highest BCUT2D eigenvalue weighted by atomic mass is 35.5. The third-order valence-corrected chi connectivity index (χ3v) is 3.92. The summed E-state index contributed by atoms with van der Waals surface area (Å²) in [5.74, 6) is 0.228. The van der Waals surface area contributed by atoms with E-state index in [-0.39, 0.29) is 12.4 Å². The number of carbonyl (C=O) groups excluding carboxylic acids is 1. The molecular weight excluding hydrogens is 358 g/mol. The summed E-state index contributed by atoms with van der Waals surface area (Å²) in [4.78, 5) is 12.0. The van der Waals surface area contributed by atoms with Gasteiger partial charge in [0.2, 0.25) is 0 Å². The third kappa shape index (κ3) is 5.06. The Morgan fingerprint density at radius 3 is 2.69 bits per heavy atom. The highest BCUT2D eigenvalue weighted by Crippen LogP contribution is 2.35. The van der Waals surface area contributed by atoms with E-state index in [0.717, 1.165) is 5.56 Å². The van der Waals surface area contributed by atoms with Crippen LogP contribution in [0.15, 0.2) is 22.7 Å². The van der Waals surface area contributed by atoms with Crippen molar-refractivity contribution < 1.29 is 23.9 Å². The number of hydrogen-bond donors (Lipinski definition) is 1. The van der Waals surface area contributed by atoms with Crippen LogP contribution in [0.1, 0.15) is 50.5 Å². The third-order valence-electron chi connectivity index (χ3n) is 3.68. The molecule has 0 saturated carbocycles. The minimum atomic E-state index is -1.14. The number of aromatic nitrogens is 1. The van der Waals surface area contributed by atoms with Gasteiger partial charge in [0.15, 0.2) is 6.29 Å². The van der Waals surface area contributed by atoms with E-state index in [4.69, 9.17) is 25.6 Å². The van der Waals surface area contributed by atoms with Crippen LogP contribution in [0.2, 0.25) is 5.02 Å². The number of aryl methyl sites for hydroxylation is 2. The molecule has 1 aromatic heterocycles. The van der Waals surface area contributed by atoms with Crippen molar-refractivity contribution >= 4 is 17.6 Å². The average Bonchev–Trinajstić information content (AvgIpc) is 2.91. The molecular formula is C19H24ClNO5. The minimum Gasteiger partial charge on any atom is -0.460 e. The van der Waals surface area contributed by atoms with Crippen LogP contribution in [0.5, 0.6) is 0 Å². The van der Waals surface area contributed by atoms with Gasteiger partial charge in [-0.2, -0.15) is 0 Å². The van der Waals surface area contributed by atoms with Gasteiger partial charge >= 0.3 is 5.97 Å². The molecule has 0 aliphatic heterocycles. The number of rotatable bonds is 6. The largest absolute Gasteiger partial charge is 0.460 e. The van der Waals surface area contributed by atoms with Crippen molar-refractivity contribution in [3.05, 3.63) is 40.2 Å². The van der Waals surface area contributed by atoms with E-state index in [1.807, 2.05) is 20.8 Å². The Morgan fingerprint density at radius 2 is 2.08 bits per heavy atom. The van der Waals surface area contributed by atoms with Crippen molar-refractivity contribution in [2.24, 2.45) is 0 Å². The van der Waals surface area contributed by atoms with Crippen molar-refractivity contribution in [2.45, 2.75) is 52.4 Å². The molecule has 2 rings (SSSR count). The molecule has 1 atom stereocenters. The Morgan fingerprint density at radius 1 is 1.38 bits per heavy atom. The maximum atomic E-state index is 12.0. The molecule has 1 aromatic carbocycles. The molecule has 0 aliphatic rings. The number of hydrogen-bond acceptors (Lipinski definition) is 6. The first-order chi connectivity index (χ1) is 12.1. The highest BCUT2D eigenvalue weighted by molar-refractivity contribution is 6.30. The van der Waals surface area contributed by atoms with Crippen molar-refractivity contribution in [2.75, 3.05) is 7.11 Å². The van der Waals surface area contributed by atoms with E-state index in [2.05, 4.69) is 5.16 Å². The number of nitrogens with zero attached hydrogens (tertiary/aromatic N) is 1. The molecule has 0 amide bonds. The first-order valence-electron chi connectivity index (χ1n) is 8.30. The van der Waals surface area contributed by atoms with Gasteiger partial charge in [-0.25, -0.2) is 0 Å². The SMILES string of the molecule is COC(O)c1cc(Cl)ccc1-c1c(C)noc1CCC(=O)OC(C)(C)C. The first kappa shape index (κ1) is 20.4. The van der Waals surface area contributed by atoms with Crippen molar-refractivity contribution in [1.82, 2.24) is 5.16 Å². The first-order valence-corrected chi connectivity index (χ1v) is 8.68. The van der Waals surface area contributed by atoms with E-state index >= 15 is 0 Å². The number of esters is 1. The van der Waals surface area contributed by atoms with Crippen molar-refractivity contribution in [3.8, 4) is 11.1 Å². The lowest BCUT2D eigenvalue weighted by Gasteiger charge is -2.19. The molecule has 1 N–H and O–H groups in total. The molecule has 6 nitrogen and oxygen atoms in total. The van der Waals surface area contributed by atoms with Crippen LogP contribution >= 0.6 is 11.6 Å². The molecule has 0 spiro atoms. The molecule has 1 unspecified atom stereocenters. The quantitative estimate of drug-likeness (QED) is 0.596. The Hall–Kier alpha value is -1.89. The van der Waals surface area contributed by atoms with E-state index in [0.29, 0.717) is 34.0 Å². The van der Waals surface area contributed by atoms with Crippen molar-refractivity contribution in [1.29, 1.82) is 0 Å². The van der Waals surface area contributed by atoms with E-state index < -0.39 is 11.9 Å². The summed E-state index contributed by atoms with van der Waals surface area (Å²) < 4.78 is 15.8. The van der Waals surface area contributed by atoms with Crippen LogP contribution in [0.3, 0.4) is 0 Å². The molecule has 1 heterocycles. The number of ether oxygens (including phenoxy) is 2. The van der Waals surface area contributed by atoms with Gasteiger partial charge in [0.1, 0.15) is 11.4 Å². The summed E-state index contributed by atoms with van der Waals surface area (Å²) in [6, 6.07) is 5.12. The summed E-state index contributed by atoms with van der Waals surface area (Å²) in [5, 5.41) is 14.6. The maximum Gasteiger partial charge on any atom is 0.306 e. The Labute approximate surface area is 158 Å². The summed E-state index contributed by atoms with van der Waals surface area (Å²) in [6.07, 6.45) is -0.651. The van der Waals surface area contributed by atoms with Gasteiger partial charge in [0.25, 0.3) is 0 Å². The lowest BCUT2D eigenvalue weighted by atomic mass is 9.96. The fourth-order valence-electron chi connectivity index (χ4n) is 2.63. The van der Waals surface area contributed by atoms with Gasteiger partial charge in [0.05, 0.1) is 12.1 Å². The number of methoxy groups -OCH3 is 1. The fourth-order valence-corrected chi connectivity index (χ4v) is 2.81. The molecule has 7 heteroatoms. The highest BCUT2D eigenvalue weighted by Gasteiger charge is 2.23. The van der Waals surface area contributed by atoms with Crippen LogP contribution in [0, 0.1) is 6.92 Å². The van der Waals surface area contributed by atoms with Crippen LogP contribution < -0.4 is 0 Å². The number of benzene rings is 1. The summed E-state index contributed by atoms with van der Waals surface area (Å²) in [5.41, 5.74) is 2.03. The van der Waals surface area contributed by atoms with E-state index in [1.54, 1.807) is 25.1 Å². The van der Waals surface area contributed by atoms with Crippen LogP contribution in [-0.2, 0) is 20.7 Å². The molecule has 26 heavy (non-hydrogen) atoms. The van der Waals surface area contributed by atoms with E-state index in [1.165, 1.54) is 7.11 Å². The Balaban J connectivity index is 2.32. The van der Waals surface area contributed by atoms with Crippen LogP contribution in [0.25, 0.3) is 11.1 Å². The number of carbonyl (C=O) groups is 1. The Bertz CT molecular complexity index is 779. The van der Waals surface area contributed by atoms with Gasteiger partial charge in [-0.05, 0) is 45.4 Å². The van der Waals surface area contributed by atoms with Gasteiger partial charge in [-0.15, -0.1) is 0 Å². The molecule has 0 aliphatic carbocycles. The monoisotopic (exact) mass is 381 g/mol. The molecule has 0 radical (unpaired) electrons. The average molecular weight is 382 g/mol. The molecule has 0 saturated heterocycles. The van der Waals surface area contributed by atoms with Gasteiger partial charge in [-0.3, -0.25) is 4.79 Å². The molecule has 142 valence electrons. The van der Waals surface area contributed by atoms with Crippen LogP contribution in [0.4, 0.5) is 0 Å². The molecule has 0 fully saturated rings. The predicted octanol–water partition coefficient (Wildman–Crippen LogP) is 4.22. The van der Waals surface area contributed by atoms with E-state index in [9.17, 15) is 9.90 Å². The van der Waals surface area contributed by atoms with Gasteiger partial charge < -0.3 is 19.1 Å². The second-order valence-corrected chi connectivity index (χ2v) is 7.41. The predicted molar refractivity (Wildman–Crippen MR) is 97.8 cm³/mol. The summed E-state index contributed by atoms with van der Waals surface area (Å²) in [6.45, 7) is 7.26. The number of aliphatic hydroxyl groups is 1. The standard InChI is InChI=1S/C19H24ClNO5/c1-11-17(13-7-6-12(20)10-14(13)18(23)24-5)15(26-21-11)8-9-16(22)25-19(2,3)4/h6-7,10,18,23H,8-9H2,1-5H3. The zero-order valence-electron chi connectivity index (χ0n) is 15.6. The normalized spacial score (nSPS) is 12.9. The maximum absolute atomic E-state index is 12.0. The van der Waals surface area contributed by atoms with Gasteiger partial charge in [0, 0.05) is 29.7 Å². The zero-order valence-corrected chi connectivity index (χ0v) is 16.4. The zero-order chi connectivity index (χ0) is 19.5. The smallest absolute Gasteiger partial charge is 0.306 e.